The van der Waals surface area contributed by atoms with E-state index in [1.165, 1.54) is 11.1 Å². The molecule has 0 aliphatic heterocycles. The van der Waals surface area contributed by atoms with Crippen molar-refractivity contribution in [2.45, 2.75) is 51.5 Å². The van der Waals surface area contributed by atoms with Crippen LogP contribution in [0.3, 0.4) is 0 Å². The summed E-state index contributed by atoms with van der Waals surface area (Å²) in [5, 5.41) is 2.49. The molecule has 0 heterocycles. The highest BCUT2D eigenvalue weighted by Crippen LogP contribution is 2.11. The average molecular weight is 426 g/mol. The maximum absolute atomic E-state index is 11.9. The van der Waals surface area contributed by atoms with Crippen molar-refractivity contribution in [2.24, 2.45) is 5.73 Å². The molecule has 0 bridgehead atoms. The van der Waals surface area contributed by atoms with Gasteiger partial charge in [-0.25, -0.2) is 4.79 Å². The van der Waals surface area contributed by atoms with Gasteiger partial charge in [0.1, 0.15) is 0 Å². The van der Waals surface area contributed by atoms with Gasteiger partial charge in [-0.1, -0.05) is 54.6 Å². The second-order valence-corrected chi connectivity index (χ2v) is 7.51. The van der Waals surface area contributed by atoms with Crippen LogP contribution < -0.4 is 16.5 Å². The Balaban J connectivity index is 1.61. The first kappa shape index (κ1) is 24.1. The van der Waals surface area contributed by atoms with E-state index in [1.807, 2.05) is 30.3 Å². The third-order valence-corrected chi connectivity index (χ3v) is 4.73. The molecule has 166 valence electrons. The molecule has 1 unspecified atom stereocenters. The minimum Gasteiger partial charge on any atom is -0.354 e. The first-order valence-corrected chi connectivity index (χ1v) is 10.6. The molecule has 0 fully saturated rings. The Morgan fingerprint density at radius 3 is 2.10 bits per heavy atom. The molecule has 2 amide bonds. The summed E-state index contributed by atoms with van der Waals surface area (Å²) in [7, 11) is 0. The summed E-state index contributed by atoms with van der Waals surface area (Å²) in [6.07, 6.45) is 4.37. The zero-order valence-corrected chi connectivity index (χ0v) is 17.9. The number of hydroxylamine groups is 1. The van der Waals surface area contributed by atoms with Crippen LogP contribution in [-0.2, 0) is 38.5 Å². The van der Waals surface area contributed by atoms with Crippen LogP contribution in [0.25, 0.3) is 0 Å². The van der Waals surface area contributed by atoms with Crippen LogP contribution in [0.5, 0.6) is 0 Å². The van der Waals surface area contributed by atoms with Gasteiger partial charge in [0.15, 0.2) is 0 Å². The van der Waals surface area contributed by atoms with E-state index in [0.717, 1.165) is 31.2 Å². The molecule has 31 heavy (non-hydrogen) atoms. The van der Waals surface area contributed by atoms with E-state index in [0.29, 0.717) is 0 Å². The predicted molar refractivity (Wildman–Crippen MR) is 119 cm³/mol. The fourth-order valence-electron chi connectivity index (χ4n) is 2.96. The first-order chi connectivity index (χ1) is 14.9. The highest BCUT2D eigenvalue weighted by molar-refractivity contribution is 5.82. The summed E-state index contributed by atoms with van der Waals surface area (Å²) in [6.45, 7) is 1.65. The third kappa shape index (κ3) is 9.91. The second-order valence-electron chi connectivity index (χ2n) is 7.51. The lowest BCUT2D eigenvalue weighted by molar-refractivity contribution is -0.158. The standard InChI is InChI=1S/C24H31N3O4/c1-18(25)24(30)26-16-15-23(29)31-27-22(28)17-21-13-11-20(12-14-21)10-6-5-9-19-7-3-2-4-8-19/h2-4,7-8,11-14,18H,5-6,9-10,15-17,25H2,1H3,(H,26,30)(H,27,28). The average Bonchev–Trinajstić information content (AvgIpc) is 2.77. The Labute approximate surface area is 183 Å². The topological polar surface area (TPSA) is 111 Å². The van der Waals surface area contributed by atoms with Crippen LogP contribution in [-0.4, -0.2) is 30.4 Å². The van der Waals surface area contributed by atoms with E-state index in [9.17, 15) is 14.4 Å². The molecular weight excluding hydrogens is 394 g/mol. The van der Waals surface area contributed by atoms with Crippen molar-refractivity contribution >= 4 is 17.8 Å². The maximum atomic E-state index is 11.9. The molecule has 7 heteroatoms. The smallest absolute Gasteiger partial charge is 0.334 e. The minimum absolute atomic E-state index is 0.0578. The van der Waals surface area contributed by atoms with Crippen molar-refractivity contribution in [3.63, 3.8) is 0 Å². The fraction of sp³-hybridized carbons (Fsp3) is 0.375. The Morgan fingerprint density at radius 2 is 1.48 bits per heavy atom. The molecular formula is C24H31N3O4. The van der Waals surface area contributed by atoms with Gasteiger partial charge in [0.25, 0.3) is 5.91 Å². The number of rotatable bonds is 11. The monoisotopic (exact) mass is 425 g/mol. The molecule has 0 radical (unpaired) electrons. The van der Waals surface area contributed by atoms with E-state index in [-0.39, 0.29) is 25.3 Å². The van der Waals surface area contributed by atoms with Crippen molar-refractivity contribution in [1.29, 1.82) is 0 Å². The van der Waals surface area contributed by atoms with E-state index in [4.69, 9.17) is 10.6 Å². The lowest BCUT2D eigenvalue weighted by Gasteiger charge is -2.08. The van der Waals surface area contributed by atoms with Crippen molar-refractivity contribution in [3.05, 3.63) is 71.3 Å². The van der Waals surface area contributed by atoms with Gasteiger partial charge < -0.3 is 15.9 Å². The zero-order chi connectivity index (χ0) is 22.5. The van der Waals surface area contributed by atoms with Crippen LogP contribution >= 0.6 is 0 Å². The number of unbranched alkanes of at least 4 members (excludes halogenated alkanes) is 1. The normalized spacial score (nSPS) is 11.4. The van der Waals surface area contributed by atoms with E-state index < -0.39 is 17.9 Å². The predicted octanol–water partition coefficient (Wildman–Crippen LogP) is 2.22. The molecule has 1 atom stereocenters. The molecule has 2 aromatic rings. The largest absolute Gasteiger partial charge is 0.354 e. The lowest BCUT2D eigenvalue weighted by atomic mass is 10.0. The van der Waals surface area contributed by atoms with Crippen molar-refractivity contribution in [3.8, 4) is 0 Å². The Kier molecular flexibility index (Phi) is 10.2. The number of hydrogen-bond donors (Lipinski definition) is 3. The van der Waals surface area contributed by atoms with E-state index in [2.05, 4.69) is 35.1 Å². The van der Waals surface area contributed by atoms with Crippen molar-refractivity contribution < 1.29 is 19.2 Å². The van der Waals surface area contributed by atoms with Gasteiger partial charge in [0.05, 0.1) is 18.9 Å². The molecule has 0 saturated heterocycles. The number of aryl methyl sites for hydroxylation is 2. The van der Waals surface area contributed by atoms with Gasteiger partial charge in [0, 0.05) is 6.54 Å². The van der Waals surface area contributed by atoms with Gasteiger partial charge in [-0.2, -0.15) is 5.48 Å². The van der Waals surface area contributed by atoms with Gasteiger partial charge >= 0.3 is 5.97 Å². The van der Waals surface area contributed by atoms with Gasteiger partial charge in [-0.05, 0) is 49.3 Å². The molecule has 7 nitrogen and oxygen atoms in total. The summed E-state index contributed by atoms with van der Waals surface area (Å²) >= 11 is 0. The molecule has 0 spiro atoms. The minimum atomic E-state index is -0.642. The number of nitrogens with one attached hydrogen (secondary N) is 2. The maximum Gasteiger partial charge on any atom is 0.334 e. The number of amides is 2. The van der Waals surface area contributed by atoms with E-state index in [1.54, 1.807) is 6.92 Å². The van der Waals surface area contributed by atoms with Crippen LogP contribution in [0.2, 0.25) is 0 Å². The number of nitrogens with two attached hydrogens (primary N) is 1. The number of carbonyl (C=O) groups excluding carboxylic acids is 3. The third-order valence-electron chi connectivity index (χ3n) is 4.73. The lowest BCUT2D eigenvalue weighted by Crippen LogP contribution is -2.39. The highest BCUT2D eigenvalue weighted by atomic mass is 16.7. The zero-order valence-electron chi connectivity index (χ0n) is 17.9. The second kappa shape index (κ2) is 13.2. The Bertz CT molecular complexity index is 836. The van der Waals surface area contributed by atoms with Crippen LogP contribution in [0.1, 0.15) is 42.9 Å². The molecule has 0 aromatic heterocycles. The number of benzene rings is 2. The molecule has 0 aliphatic rings. The highest BCUT2D eigenvalue weighted by Gasteiger charge is 2.10. The summed E-state index contributed by atoms with van der Waals surface area (Å²) < 4.78 is 0. The fourth-order valence-corrected chi connectivity index (χ4v) is 2.96. The number of hydrogen-bond acceptors (Lipinski definition) is 5. The quantitative estimate of drug-likeness (QED) is 0.378. The molecule has 0 saturated carbocycles. The summed E-state index contributed by atoms with van der Waals surface area (Å²) in [5.74, 6) is -1.40. The molecule has 2 aromatic carbocycles. The van der Waals surface area contributed by atoms with Gasteiger partial charge in [-0.3, -0.25) is 9.59 Å². The molecule has 4 N–H and O–H groups in total. The van der Waals surface area contributed by atoms with Crippen LogP contribution in [0.4, 0.5) is 0 Å². The summed E-state index contributed by atoms with van der Waals surface area (Å²) in [5.41, 5.74) is 11.0. The number of carbonyl (C=O) groups is 3. The van der Waals surface area contributed by atoms with E-state index >= 15 is 0 Å². The molecule has 2 rings (SSSR count). The SMILES string of the molecule is CC(N)C(=O)NCCC(=O)ONC(=O)Cc1ccc(CCCCc2ccccc2)cc1. The Morgan fingerprint density at radius 1 is 0.903 bits per heavy atom. The van der Waals surface area contributed by atoms with Crippen molar-refractivity contribution in [2.75, 3.05) is 6.54 Å². The first-order valence-electron chi connectivity index (χ1n) is 10.6. The van der Waals surface area contributed by atoms with Crippen molar-refractivity contribution in [1.82, 2.24) is 10.8 Å². The summed E-state index contributed by atoms with van der Waals surface area (Å²) in [6, 6.07) is 17.7. The van der Waals surface area contributed by atoms with Gasteiger partial charge in [-0.15, -0.1) is 0 Å². The Hall–Kier alpha value is -3.19. The summed E-state index contributed by atoms with van der Waals surface area (Å²) in [4.78, 5) is 39.6. The molecule has 0 aliphatic carbocycles. The van der Waals surface area contributed by atoms with Gasteiger partial charge in [0.2, 0.25) is 5.91 Å². The van der Waals surface area contributed by atoms with Crippen LogP contribution in [0, 0.1) is 0 Å². The van der Waals surface area contributed by atoms with Crippen LogP contribution in [0.15, 0.2) is 54.6 Å².